The summed E-state index contributed by atoms with van der Waals surface area (Å²) in [6.07, 6.45) is 6.40. The van der Waals surface area contributed by atoms with Crippen molar-refractivity contribution in [2.75, 3.05) is 5.32 Å². The molecule has 6 heteroatoms. The third-order valence-electron chi connectivity index (χ3n) is 5.79. The molecule has 4 bridgehead atoms. The number of nitrogens with one attached hydrogen (secondary N) is 1. The molecule has 0 spiro atoms. The van der Waals surface area contributed by atoms with E-state index in [9.17, 15) is 14.9 Å². The Bertz CT molecular complexity index is 676. The molecule has 4 aliphatic carbocycles. The first-order valence-electron chi connectivity index (χ1n) is 8.12. The molecule has 0 radical (unpaired) electrons. The van der Waals surface area contributed by atoms with E-state index >= 15 is 0 Å². The lowest BCUT2D eigenvalue weighted by molar-refractivity contribution is -0.384. The molecule has 1 amide bonds. The van der Waals surface area contributed by atoms with Crippen LogP contribution in [0.5, 0.6) is 0 Å². The number of nitrogens with zero attached hydrogens (tertiary/aromatic N) is 1. The lowest BCUT2D eigenvalue weighted by Gasteiger charge is -2.59. The smallest absolute Gasteiger partial charge is 0.271 e. The molecule has 5 nitrogen and oxygen atoms in total. The number of hydrogen-bond donors (Lipinski definition) is 1. The minimum absolute atomic E-state index is 0.00488. The topological polar surface area (TPSA) is 72.2 Å². The fourth-order valence-electron chi connectivity index (χ4n) is 5.38. The van der Waals surface area contributed by atoms with E-state index in [0.29, 0.717) is 17.5 Å². The van der Waals surface area contributed by atoms with Crippen molar-refractivity contribution in [1.29, 1.82) is 0 Å². The van der Waals surface area contributed by atoms with Crippen LogP contribution < -0.4 is 5.32 Å². The lowest BCUT2D eigenvalue weighted by atomic mass is 9.49. The average molecular weight is 379 g/mol. The van der Waals surface area contributed by atoms with Gasteiger partial charge in [0.05, 0.1) is 10.3 Å². The third kappa shape index (κ3) is 2.57. The van der Waals surface area contributed by atoms with Gasteiger partial charge in [-0.1, -0.05) is 22.0 Å². The first-order chi connectivity index (χ1) is 10.9. The summed E-state index contributed by atoms with van der Waals surface area (Å²) in [5, 5.41) is 13.8. The van der Waals surface area contributed by atoms with Gasteiger partial charge in [-0.2, -0.15) is 0 Å². The lowest BCUT2D eigenvalue weighted by Crippen LogP contribution is -2.57. The minimum Gasteiger partial charge on any atom is -0.325 e. The van der Waals surface area contributed by atoms with Crippen LogP contribution >= 0.6 is 15.9 Å². The summed E-state index contributed by atoms with van der Waals surface area (Å²) < 4.78 is 0.122. The molecule has 5 rings (SSSR count). The number of alkyl halides is 1. The summed E-state index contributed by atoms with van der Waals surface area (Å²) in [4.78, 5) is 23.4. The van der Waals surface area contributed by atoms with Gasteiger partial charge in [0, 0.05) is 22.1 Å². The van der Waals surface area contributed by atoms with Crippen molar-refractivity contribution in [2.45, 2.75) is 42.8 Å². The second-order valence-corrected chi connectivity index (χ2v) is 9.34. The molecule has 0 aromatic heterocycles. The maximum Gasteiger partial charge on any atom is 0.271 e. The minimum atomic E-state index is -0.437. The normalized spacial score (nSPS) is 37.6. The standard InChI is InChI=1S/C17H19BrN2O3/c18-17-8-11-4-12(9-17)7-16(6-11,10-17)15(21)19-13-2-1-3-14(5-13)20(22)23/h1-3,5,11-12H,4,6-10H2,(H,19,21). The summed E-state index contributed by atoms with van der Waals surface area (Å²) in [5.74, 6) is 1.30. The van der Waals surface area contributed by atoms with E-state index in [0.717, 1.165) is 19.3 Å². The van der Waals surface area contributed by atoms with Crippen molar-refractivity contribution in [3.05, 3.63) is 34.4 Å². The van der Waals surface area contributed by atoms with Crippen molar-refractivity contribution < 1.29 is 9.72 Å². The summed E-state index contributed by atoms with van der Waals surface area (Å²) in [7, 11) is 0. The highest BCUT2D eigenvalue weighted by atomic mass is 79.9. The van der Waals surface area contributed by atoms with Crippen LogP contribution in [-0.2, 0) is 4.79 Å². The van der Waals surface area contributed by atoms with E-state index in [2.05, 4.69) is 21.2 Å². The first-order valence-corrected chi connectivity index (χ1v) is 8.92. The van der Waals surface area contributed by atoms with Gasteiger partial charge in [0.15, 0.2) is 0 Å². The fourth-order valence-corrected chi connectivity index (χ4v) is 6.83. The van der Waals surface area contributed by atoms with Gasteiger partial charge in [-0.05, 0) is 56.4 Å². The molecule has 2 unspecified atom stereocenters. The van der Waals surface area contributed by atoms with Crippen LogP contribution in [0.3, 0.4) is 0 Å². The molecule has 1 aromatic rings. The van der Waals surface area contributed by atoms with Crippen LogP contribution in [-0.4, -0.2) is 15.2 Å². The Morgan fingerprint density at radius 2 is 1.96 bits per heavy atom. The molecule has 4 fully saturated rings. The number of anilines is 1. The van der Waals surface area contributed by atoms with E-state index in [1.165, 1.54) is 31.4 Å². The van der Waals surface area contributed by atoms with E-state index in [1.54, 1.807) is 12.1 Å². The SMILES string of the molecule is O=C(Nc1cccc([N+](=O)[O-])c1)C12CC3CC(CC(Br)(C3)C1)C2. The highest BCUT2D eigenvalue weighted by molar-refractivity contribution is 9.10. The monoisotopic (exact) mass is 378 g/mol. The van der Waals surface area contributed by atoms with Gasteiger partial charge in [0.1, 0.15) is 0 Å². The van der Waals surface area contributed by atoms with Crippen LogP contribution in [0.25, 0.3) is 0 Å². The molecule has 2 atom stereocenters. The van der Waals surface area contributed by atoms with Crippen LogP contribution in [0.1, 0.15) is 38.5 Å². The Hall–Kier alpha value is -1.43. The number of nitro benzene ring substituents is 1. The molecule has 23 heavy (non-hydrogen) atoms. The van der Waals surface area contributed by atoms with Crippen molar-refractivity contribution in [3.63, 3.8) is 0 Å². The van der Waals surface area contributed by atoms with Gasteiger partial charge in [-0.3, -0.25) is 14.9 Å². The molecule has 4 aliphatic rings. The second-order valence-electron chi connectivity index (χ2n) is 7.65. The van der Waals surface area contributed by atoms with Crippen molar-refractivity contribution in [3.8, 4) is 0 Å². The highest BCUT2D eigenvalue weighted by Gasteiger charge is 2.59. The summed E-state index contributed by atoms with van der Waals surface area (Å²) >= 11 is 3.91. The number of rotatable bonds is 3. The number of benzene rings is 1. The zero-order valence-electron chi connectivity index (χ0n) is 12.8. The largest absolute Gasteiger partial charge is 0.325 e. The Balaban J connectivity index is 1.58. The molecule has 4 saturated carbocycles. The number of hydrogen-bond acceptors (Lipinski definition) is 3. The molecular formula is C17H19BrN2O3. The molecular weight excluding hydrogens is 360 g/mol. The second kappa shape index (κ2) is 5.03. The van der Waals surface area contributed by atoms with E-state index < -0.39 is 4.92 Å². The highest BCUT2D eigenvalue weighted by Crippen LogP contribution is 2.64. The van der Waals surface area contributed by atoms with Crippen molar-refractivity contribution in [2.24, 2.45) is 17.3 Å². The molecule has 0 saturated heterocycles. The number of non-ortho nitro benzene ring substituents is 1. The maximum atomic E-state index is 13.0. The molecule has 0 aliphatic heterocycles. The predicted molar refractivity (Wildman–Crippen MR) is 90.5 cm³/mol. The number of halogens is 1. The summed E-state index contributed by atoms with van der Waals surface area (Å²) in [5.41, 5.74) is 0.215. The van der Waals surface area contributed by atoms with Crippen LogP contribution in [0.4, 0.5) is 11.4 Å². The number of amides is 1. The Kier molecular flexibility index (Phi) is 3.31. The van der Waals surface area contributed by atoms with Gasteiger partial charge in [-0.25, -0.2) is 0 Å². The fraction of sp³-hybridized carbons (Fsp3) is 0.588. The van der Waals surface area contributed by atoms with Crippen molar-refractivity contribution in [1.82, 2.24) is 0 Å². The Morgan fingerprint density at radius 1 is 1.26 bits per heavy atom. The molecule has 0 heterocycles. The predicted octanol–water partition coefficient (Wildman–Crippen LogP) is 4.27. The van der Waals surface area contributed by atoms with Crippen LogP contribution in [0.15, 0.2) is 24.3 Å². The quantitative estimate of drug-likeness (QED) is 0.484. The Labute approximate surface area is 143 Å². The summed E-state index contributed by atoms with van der Waals surface area (Å²) in [6.45, 7) is 0. The molecule has 1 aromatic carbocycles. The molecule has 122 valence electrons. The van der Waals surface area contributed by atoms with Gasteiger partial charge in [0.25, 0.3) is 5.69 Å². The number of nitro groups is 1. The first kappa shape index (κ1) is 15.1. The van der Waals surface area contributed by atoms with E-state index in [-0.39, 0.29) is 21.3 Å². The van der Waals surface area contributed by atoms with Crippen LogP contribution in [0, 0.1) is 27.4 Å². The van der Waals surface area contributed by atoms with E-state index in [1.807, 2.05) is 0 Å². The van der Waals surface area contributed by atoms with Gasteiger partial charge >= 0.3 is 0 Å². The number of carbonyl (C=O) groups is 1. The summed E-state index contributed by atoms with van der Waals surface area (Å²) in [6, 6.07) is 6.20. The van der Waals surface area contributed by atoms with Gasteiger partial charge in [-0.15, -0.1) is 0 Å². The van der Waals surface area contributed by atoms with Crippen molar-refractivity contribution >= 4 is 33.2 Å². The Morgan fingerprint density at radius 3 is 2.57 bits per heavy atom. The van der Waals surface area contributed by atoms with Crippen LogP contribution in [0.2, 0.25) is 0 Å². The zero-order chi connectivity index (χ0) is 16.2. The number of carbonyl (C=O) groups excluding carboxylic acids is 1. The average Bonchev–Trinajstić information content (AvgIpc) is 2.44. The van der Waals surface area contributed by atoms with E-state index in [4.69, 9.17) is 0 Å². The zero-order valence-corrected chi connectivity index (χ0v) is 14.3. The third-order valence-corrected chi connectivity index (χ3v) is 6.71. The molecule has 1 N–H and O–H groups in total. The van der Waals surface area contributed by atoms with Gasteiger partial charge < -0.3 is 5.32 Å². The van der Waals surface area contributed by atoms with Gasteiger partial charge in [0.2, 0.25) is 5.91 Å². The maximum absolute atomic E-state index is 13.0.